The lowest BCUT2D eigenvalue weighted by Gasteiger charge is -2.31. The van der Waals surface area contributed by atoms with E-state index < -0.39 is 12.1 Å². The molecular formula is C14H24ClNO2. The van der Waals surface area contributed by atoms with Gasteiger partial charge < -0.3 is 15.9 Å². The third kappa shape index (κ3) is 3.61. The van der Waals surface area contributed by atoms with E-state index in [9.17, 15) is 10.2 Å². The average molecular weight is 274 g/mol. The summed E-state index contributed by atoms with van der Waals surface area (Å²) in [5.74, 6) is 0.297. The molecule has 0 aliphatic heterocycles. The third-order valence-corrected chi connectivity index (χ3v) is 3.13. The monoisotopic (exact) mass is 273 g/mol. The first kappa shape index (κ1) is 17.2. The van der Waals surface area contributed by atoms with Crippen LogP contribution in [0.2, 0.25) is 0 Å². The van der Waals surface area contributed by atoms with Gasteiger partial charge in [0.25, 0.3) is 0 Å². The highest BCUT2D eigenvalue weighted by molar-refractivity contribution is 5.85. The normalized spacial score (nSPS) is 14.8. The van der Waals surface area contributed by atoms with Gasteiger partial charge in [0.05, 0.1) is 12.1 Å². The number of hydrogen-bond donors (Lipinski definition) is 3. The van der Waals surface area contributed by atoms with Crippen LogP contribution in [-0.2, 0) is 0 Å². The molecule has 4 N–H and O–H groups in total. The van der Waals surface area contributed by atoms with E-state index in [1.165, 1.54) is 0 Å². The van der Waals surface area contributed by atoms with Crippen molar-refractivity contribution in [2.45, 2.75) is 46.8 Å². The Morgan fingerprint density at radius 3 is 1.83 bits per heavy atom. The smallest absolute Gasteiger partial charge is 0.121 e. The molecule has 0 unspecified atom stereocenters. The van der Waals surface area contributed by atoms with Crippen LogP contribution in [-0.4, -0.2) is 16.3 Å². The van der Waals surface area contributed by atoms with Crippen molar-refractivity contribution in [3.63, 3.8) is 0 Å². The molecule has 0 fully saturated rings. The number of aliphatic hydroxyl groups excluding tert-OH is 1. The fraction of sp³-hybridized carbons (Fsp3) is 0.571. The predicted octanol–water partition coefficient (Wildman–Crippen LogP) is 2.84. The van der Waals surface area contributed by atoms with Gasteiger partial charge in [-0.2, -0.15) is 0 Å². The highest BCUT2D eigenvalue weighted by Crippen LogP contribution is 2.31. The molecule has 0 saturated heterocycles. The van der Waals surface area contributed by atoms with E-state index in [1.807, 2.05) is 46.8 Å². The Labute approximate surface area is 115 Å². The van der Waals surface area contributed by atoms with E-state index in [1.54, 1.807) is 0 Å². The van der Waals surface area contributed by atoms with Gasteiger partial charge in [-0.05, 0) is 36.0 Å². The third-order valence-electron chi connectivity index (χ3n) is 3.13. The van der Waals surface area contributed by atoms with Crippen LogP contribution in [0.4, 0.5) is 0 Å². The minimum absolute atomic E-state index is 0. The number of rotatable bonds is 2. The van der Waals surface area contributed by atoms with Gasteiger partial charge in [-0.3, -0.25) is 0 Å². The molecule has 0 saturated carbocycles. The van der Waals surface area contributed by atoms with Crippen LogP contribution in [0.1, 0.15) is 43.5 Å². The summed E-state index contributed by atoms with van der Waals surface area (Å²) in [4.78, 5) is 0. The van der Waals surface area contributed by atoms with E-state index in [0.717, 1.165) is 16.7 Å². The molecule has 1 aromatic carbocycles. The Morgan fingerprint density at radius 2 is 1.50 bits per heavy atom. The molecule has 1 aromatic rings. The maximum atomic E-state index is 10.2. The minimum atomic E-state index is -0.620. The Hall–Kier alpha value is -0.770. The first-order valence-corrected chi connectivity index (χ1v) is 5.88. The molecule has 4 heteroatoms. The Kier molecular flexibility index (Phi) is 5.66. The zero-order valence-electron chi connectivity index (χ0n) is 11.7. The van der Waals surface area contributed by atoms with E-state index >= 15 is 0 Å². The second-order valence-electron chi connectivity index (χ2n) is 5.84. The van der Waals surface area contributed by atoms with Crippen molar-refractivity contribution in [2.24, 2.45) is 11.1 Å². The van der Waals surface area contributed by atoms with Crippen LogP contribution in [0.15, 0.2) is 12.1 Å². The van der Waals surface area contributed by atoms with E-state index in [0.29, 0.717) is 5.75 Å². The summed E-state index contributed by atoms with van der Waals surface area (Å²) in [6.45, 7) is 9.54. The van der Waals surface area contributed by atoms with E-state index in [2.05, 4.69) is 0 Å². The molecule has 0 amide bonds. The predicted molar refractivity (Wildman–Crippen MR) is 77.2 cm³/mol. The number of hydrogen-bond acceptors (Lipinski definition) is 3. The summed E-state index contributed by atoms with van der Waals surface area (Å²) in [6.07, 6.45) is -0.620. The number of phenolic OH excluding ortho intramolecular Hbond substituents is 1. The van der Waals surface area contributed by atoms with E-state index in [4.69, 9.17) is 5.73 Å². The first-order valence-electron chi connectivity index (χ1n) is 5.88. The Morgan fingerprint density at radius 1 is 1.11 bits per heavy atom. The lowest BCUT2D eigenvalue weighted by atomic mass is 9.82. The maximum absolute atomic E-state index is 10.2. The highest BCUT2D eigenvalue weighted by Gasteiger charge is 2.29. The van der Waals surface area contributed by atoms with Crippen molar-refractivity contribution >= 4 is 12.4 Å². The van der Waals surface area contributed by atoms with Crippen LogP contribution in [0.25, 0.3) is 0 Å². The molecule has 0 bridgehead atoms. The molecule has 0 heterocycles. The Bertz CT molecular complexity index is 390. The molecule has 104 valence electrons. The zero-order chi connectivity index (χ0) is 13.4. The quantitative estimate of drug-likeness (QED) is 0.776. The zero-order valence-corrected chi connectivity index (χ0v) is 12.5. The summed E-state index contributed by atoms with van der Waals surface area (Å²) in [6, 6.07) is 3.23. The molecule has 0 aromatic heterocycles. The van der Waals surface area contributed by atoms with Crippen LogP contribution in [0, 0.1) is 19.3 Å². The van der Waals surface area contributed by atoms with E-state index in [-0.39, 0.29) is 17.8 Å². The van der Waals surface area contributed by atoms with Crippen LogP contribution in [0.3, 0.4) is 0 Å². The van der Waals surface area contributed by atoms with Gasteiger partial charge in [0, 0.05) is 0 Å². The van der Waals surface area contributed by atoms with Gasteiger partial charge >= 0.3 is 0 Å². The summed E-state index contributed by atoms with van der Waals surface area (Å²) >= 11 is 0. The molecule has 3 nitrogen and oxygen atoms in total. The molecule has 18 heavy (non-hydrogen) atoms. The second kappa shape index (κ2) is 5.91. The molecule has 0 aliphatic rings. The highest BCUT2D eigenvalue weighted by atomic mass is 35.5. The van der Waals surface area contributed by atoms with Crippen molar-refractivity contribution in [1.82, 2.24) is 0 Å². The van der Waals surface area contributed by atoms with Crippen molar-refractivity contribution in [2.75, 3.05) is 0 Å². The summed E-state index contributed by atoms with van der Waals surface area (Å²) in [5, 5.41) is 19.9. The van der Waals surface area contributed by atoms with Gasteiger partial charge in [-0.15, -0.1) is 12.4 Å². The lowest BCUT2D eigenvalue weighted by molar-refractivity contribution is 0.0401. The average Bonchev–Trinajstić information content (AvgIpc) is 2.21. The van der Waals surface area contributed by atoms with Gasteiger partial charge in [-0.25, -0.2) is 0 Å². The largest absolute Gasteiger partial charge is 0.507 e. The molecular weight excluding hydrogens is 250 g/mol. The van der Waals surface area contributed by atoms with Crippen LogP contribution >= 0.6 is 12.4 Å². The minimum Gasteiger partial charge on any atom is -0.507 e. The SMILES string of the molecule is Cc1cc([C@@H](N)[C@@H](O)C(C)(C)C)cc(C)c1O.Cl. The molecule has 0 radical (unpaired) electrons. The molecule has 1 rings (SSSR count). The Balaban J connectivity index is 0.00000289. The fourth-order valence-electron chi connectivity index (χ4n) is 1.90. The standard InChI is InChI=1S/C14H23NO2.ClH/c1-8-6-10(7-9(2)12(8)16)11(15)13(17)14(3,4)5;/h6-7,11,13,16-17H,15H2,1-5H3;1H/t11-,13-;/m1./s1. The van der Waals surface area contributed by atoms with Crippen LogP contribution in [0.5, 0.6) is 5.75 Å². The summed E-state index contributed by atoms with van der Waals surface area (Å²) in [5.41, 5.74) is 8.25. The fourth-order valence-corrected chi connectivity index (χ4v) is 1.90. The second-order valence-corrected chi connectivity index (χ2v) is 5.84. The number of nitrogens with two attached hydrogens (primary N) is 1. The number of benzene rings is 1. The van der Waals surface area contributed by atoms with Gasteiger partial charge in [0.2, 0.25) is 0 Å². The van der Waals surface area contributed by atoms with Crippen molar-refractivity contribution in [1.29, 1.82) is 0 Å². The van der Waals surface area contributed by atoms with Crippen molar-refractivity contribution in [3.05, 3.63) is 28.8 Å². The maximum Gasteiger partial charge on any atom is 0.121 e. The lowest BCUT2D eigenvalue weighted by Crippen LogP contribution is -2.37. The van der Waals surface area contributed by atoms with Crippen molar-refractivity contribution in [3.8, 4) is 5.75 Å². The van der Waals surface area contributed by atoms with Crippen molar-refractivity contribution < 1.29 is 10.2 Å². The van der Waals surface area contributed by atoms with Crippen LogP contribution < -0.4 is 5.73 Å². The number of halogens is 1. The molecule has 2 atom stereocenters. The summed E-state index contributed by atoms with van der Waals surface area (Å²) in [7, 11) is 0. The van der Waals surface area contributed by atoms with Gasteiger partial charge in [-0.1, -0.05) is 32.9 Å². The summed E-state index contributed by atoms with van der Waals surface area (Å²) < 4.78 is 0. The first-order chi connectivity index (χ1) is 7.64. The molecule has 0 spiro atoms. The topological polar surface area (TPSA) is 66.5 Å². The van der Waals surface area contributed by atoms with Gasteiger partial charge in [0.15, 0.2) is 0 Å². The number of aromatic hydroxyl groups is 1. The number of phenols is 1. The molecule has 0 aliphatic carbocycles. The number of aryl methyl sites for hydroxylation is 2. The van der Waals surface area contributed by atoms with Gasteiger partial charge in [0.1, 0.15) is 5.75 Å². The number of aliphatic hydroxyl groups is 1.